The normalized spacial score (nSPS) is 13.4. The van der Waals surface area contributed by atoms with Crippen LogP contribution in [0.3, 0.4) is 0 Å². The van der Waals surface area contributed by atoms with Crippen molar-refractivity contribution < 1.29 is 4.21 Å². The molecule has 1 aromatic heterocycles. The van der Waals surface area contributed by atoms with Crippen LogP contribution in [0.15, 0.2) is 11.2 Å². The summed E-state index contributed by atoms with van der Waals surface area (Å²) in [5.74, 6) is 0. The number of hydrogen-bond donors (Lipinski definition) is 1. The van der Waals surface area contributed by atoms with Gasteiger partial charge in [0.1, 0.15) is 5.03 Å². The highest BCUT2D eigenvalue weighted by Gasteiger charge is 1.98. The van der Waals surface area contributed by atoms with E-state index in [-0.39, 0.29) is 0 Å². The highest BCUT2D eigenvalue weighted by Crippen LogP contribution is 1.99. The van der Waals surface area contributed by atoms with Gasteiger partial charge in [-0.3, -0.25) is 4.21 Å². The second-order valence-electron chi connectivity index (χ2n) is 1.99. The molecule has 1 unspecified atom stereocenters. The zero-order valence-corrected chi connectivity index (χ0v) is 7.38. The predicted molar refractivity (Wildman–Crippen MR) is 42.9 cm³/mol. The molecule has 1 heterocycles. The number of hydrogen-bond acceptors (Lipinski definition) is 2. The SMILES string of the molecule is Cn1cc(S(C)=O)[nH]c1=S. The molecule has 0 bridgehead atoms. The minimum atomic E-state index is -0.961. The van der Waals surface area contributed by atoms with Gasteiger partial charge in [0.05, 0.1) is 10.8 Å². The van der Waals surface area contributed by atoms with Gasteiger partial charge in [-0.2, -0.15) is 0 Å². The maximum absolute atomic E-state index is 10.8. The second kappa shape index (κ2) is 2.67. The molecular formula is C5H8N2OS2. The molecule has 0 aliphatic carbocycles. The molecule has 3 nitrogen and oxygen atoms in total. The molecule has 0 aliphatic heterocycles. The van der Waals surface area contributed by atoms with Crippen LogP contribution in [-0.2, 0) is 17.8 Å². The first-order valence-corrected chi connectivity index (χ1v) is 4.67. The summed E-state index contributed by atoms with van der Waals surface area (Å²) in [4.78, 5) is 2.82. The average Bonchev–Trinajstić information content (AvgIpc) is 2.13. The van der Waals surface area contributed by atoms with Gasteiger partial charge in [0, 0.05) is 19.5 Å². The van der Waals surface area contributed by atoms with Crippen LogP contribution in [0.4, 0.5) is 0 Å². The molecule has 0 aromatic carbocycles. The van der Waals surface area contributed by atoms with Gasteiger partial charge >= 0.3 is 0 Å². The number of aromatic nitrogens is 2. The first-order valence-electron chi connectivity index (χ1n) is 2.70. The van der Waals surface area contributed by atoms with E-state index in [0.717, 1.165) is 0 Å². The molecule has 0 amide bonds. The Labute approximate surface area is 66.5 Å². The Bertz CT molecular complexity index is 312. The number of aryl methyl sites for hydroxylation is 1. The van der Waals surface area contributed by atoms with Gasteiger partial charge in [-0.1, -0.05) is 0 Å². The van der Waals surface area contributed by atoms with E-state index in [1.807, 2.05) is 7.05 Å². The molecule has 0 saturated heterocycles. The van der Waals surface area contributed by atoms with Crippen LogP contribution in [0.5, 0.6) is 0 Å². The Hall–Kier alpha value is -0.420. The van der Waals surface area contributed by atoms with Crippen molar-refractivity contribution in [2.24, 2.45) is 7.05 Å². The van der Waals surface area contributed by atoms with Crippen molar-refractivity contribution in [3.63, 3.8) is 0 Å². The molecule has 1 aromatic rings. The molecular weight excluding hydrogens is 168 g/mol. The quantitative estimate of drug-likeness (QED) is 0.643. The van der Waals surface area contributed by atoms with Gasteiger partial charge in [0.15, 0.2) is 4.77 Å². The van der Waals surface area contributed by atoms with Gasteiger partial charge in [-0.05, 0) is 12.2 Å². The minimum absolute atomic E-state index is 0.602. The van der Waals surface area contributed by atoms with Crippen LogP contribution in [0, 0.1) is 4.77 Å². The zero-order valence-electron chi connectivity index (χ0n) is 5.75. The van der Waals surface area contributed by atoms with Crippen molar-refractivity contribution in [1.29, 1.82) is 0 Å². The van der Waals surface area contributed by atoms with E-state index in [1.54, 1.807) is 17.0 Å². The van der Waals surface area contributed by atoms with Crippen LogP contribution in [0.25, 0.3) is 0 Å². The molecule has 0 aliphatic rings. The van der Waals surface area contributed by atoms with Crippen molar-refractivity contribution in [1.82, 2.24) is 9.55 Å². The number of H-pyrrole nitrogens is 1. The summed E-state index contributed by atoms with van der Waals surface area (Å²) in [6.07, 6.45) is 3.35. The number of imidazole rings is 1. The standard InChI is InChI=1S/C5H8N2OS2/c1-7-3-4(10(2)8)6-5(7)9/h3H,1-2H3,(H,6,9). The van der Waals surface area contributed by atoms with Gasteiger partial charge in [-0.15, -0.1) is 0 Å². The molecule has 1 N–H and O–H groups in total. The van der Waals surface area contributed by atoms with E-state index in [9.17, 15) is 4.21 Å². The molecule has 1 rings (SSSR count). The molecule has 5 heteroatoms. The summed E-state index contributed by atoms with van der Waals surface area (Å²) in [5, 5.41) is 0.674. The fourth-order valence-electron chi connectivity index (χ4n) is 0.606. The van der Waals surface area contributed by atoms with E-state index in [0.29, 0.717) is 9.80 Å². The van der Waals surface area contributed by atoms with Crippen molar-refractivity contribution in [3.8, 4) is 0 Å². The van der Waals surface area contributed by atoms with Crippen molar-refractivity contribution in [2.45, 2.75) is 5.03 Å². The Morgan fingerprint density at radius 1 is 1.80 bits per heavy atom. The van der Waals surface area contributed by atoms with E-state index >= 15 is 0 Å². The molecule has 0 spiro atoms. The Kier molecular flexibility index (Phi) is 2.05. The van der Waals surface area contributed by atoms with Gasteiger partial charge in [0.25, 0.3) is 0 Å². The highest BCUT2D eigenvalue weighted by atomic mass is 32.2. The van der Waals surface area contributed by atoms with Gasteiger partial charge < -0.3 is 9.55 Å². The van der Waals surface area contributed by atoms with Crippen molar-refractivity contribution in [3.05, 3.63) is 11.0 Å². The molecule has 1 atom stereocenters. The highest BCUT2D eigenvalue weighted by molar-refractivity contribution is 7.84. The molecule has 0 radical (unpaired) electrons. The first kappa shape index (κ1) is 7.68. The van der Waals surface area contributed by atoms with Crippen LogP contribution in [0.2, 0.25) is 0 Å². The predicted octanol–water partition coefficient (Wildman–Crippen LogP) is 0.820. The lowest BCUT2D eigenvalue weighted by Gasteiger charge is -1.84. The molecule has 0 saturated carbocycles. The summed E-state index contributed by atoms with van der Waals surface area (Å²) in [6, 6.07) is 0. The number of nitrogens with zero attached hydrogens (tertiary/aromatic N) is 1. The molecule has 10 heavy (non-hydrogen) atoms. The number of rotatable bonds is 1. The maximum atomic E-state index is 10.8. The molecule has 0 fully saturated rings. The van der Waals surface area contributed by atoms with Gasteiger partial charge in [-0.25, -0.2) is 0 Å². The Morgan fingerprint density at radius 2 is 2.40 bits per heavy atom. The summed E-state index contributed by atoms with van der Waals surface area (Å²) in [5.41, 5.74) is 0. The zero-order chi connectivity index (χ0) is 7.72. The number of aromatic amines is 1. The third-order valence-corrected chi connectivity index (χ3v) is 2.39. The largest absolute Gasteiger partial charge is 0.326 e. The van der Waals surface area contributed by atoms with E-state index in [2.05, 4.69) is 4.98 Å². The van der Waals surface area contributed by atoms with Gasteiger partial charge in [0.2, 0.25) is 0 Å². The fourth-order valence-corrected chi connectivity index (χ4v) is 1.38. The second-order valence-corrected chi connectivity index (χ2v) is 3.72. The van der Waals surface area contributed by atoms with E-state index in [4.69, 9.17) is 12.2 Å². The van der Waals surface area contributed by atoms with Crippen molar-refractivity contribution >= 4 is 23.0 Å². The number of nitrogens with one attached hydrogen (secondary N) is 1. The lowest BCUT2D eigenvalue weighted by atomic mass is 10.9. The minimum Gasteiger partial charge on any atom is -0.326 e. The lowest BCUT2D eigenvalue weighted by molar-refractivity contribution is 0.684. The third-order valence-electron chi connectivity index (χ3n) is 1.17. The smallest absolute Gasteiger partial charge is 0.177 e. The van der Waals surface area contributed by atoms with Crippen LogP contribution in [0.1, 0.15) is 0 Å². The summed E-state index contributed by atoms with van der Waals surface area (Å²) >= 11 is 4.87. The lowest BCUT2D eigenvalue weighted by Crippen LogP contribution is -1.85. The van der Waals surface area contributed by atoms with Crippen LogP contribution in [-0.4, -0.2) is 20.0 Å². The van der Waals surface area contributed by atoms with Crippen LogP contribution >= 0.6 is 12.2 Å². The van der Waals surface area contributed by atoms with Crippen molar-refractivity contribution in [2.75, 3.05) is 6.26 Å². The Balaban J connectivity index is 3.23. The third kappa shape index (κ3) is 1.35. The van der Waals surface area contributed by atoms with E-state index < -0.39 is 10.8 Å². The summed E-state index contributed by atoms with van der Waals surface area (Å²) in [7, 11) is 0.853. The average molecular weight is 176 g/mol. The van der Waals surface area contributed by atoms with Crippen LogP contribution < -0.4 is 0 Å². The first-order chi connectivity index (χ1) is 4.61. The maximum Gasteiger partial charge on any atom is 0.177 e. The molecule has 56 valence electrons. The summed E-state index contributed by atoms with van der Waals surface area (Å²) < 4.78 is 13.2. The monoisotopic (exact) mass is 176 g/mol. The Morgan fingerprint density at radius 3 is 2.60 bits per heavy atom. The van der Waals surface area contributed by atoms with E-state index in [1.165, 1.54) is 0 Å². The topological polar surface area (TPSA) is 37.8 Å². The fraction of sp³-hybridized carbons (Fsp3) is 0.400. The summed E-state index contributed by atoms with van der Waals surface area (Å²) in [6.45, 7) is 0.